The number of halogens is 1. The number of allylic oxidation sites excluding steroid dienone is 1. The zero-order chi connectivity index (χ0) is 28.6. The van der Waals surface area contributed by atoms with Crippen LogP contribution in [0.5, 0.6) is 11.5 Å². The van der Waals surface area contributed by atoms with E-state index in [1.54, 1.807) is 45.2 Å². The molecule has 0 radical (unpaired) electrons. The Labute approximate surface area is 243 Å². The number of methoxy groups -OCH3 is 2. The van der Waals surface area contributed by atoms with Crippen LogP contribution < -0.4 is 24.4 Å². The molecule has 1 unspecified atom stereocenters. The zero-order valence-electron chi connectivity index (χ0n) is 22.6. The molecule has 0 spiro atoms. The number of rotatable bonds is 7. The second-order valence-corrected chi connectivity index (χ2v) is 11.0. The van der Waals surface area contributed by atoms with Crippen molar-refractivity contribution in [3.8, 4) is 22.8 Å². The molecule has 1 atom stereocenters. The Balaban J connectivity index is 1.68. The maximum atomic E-state index is 13.9. The van der Waals surface area contributed by atoms with Crippen LogP contribution in [0.15, 0.2) is 78.5 Å². The van der Waals surface area contributed by atoms with E-state index < -0.39 is 12.0 Å². The topological polar surface area (TPSA) is 92.3 Å². The van der Waals surface area contributed by atoms with Crippen molar-refractivity contribution in [2.75, 3.05) is 20.8 Å². The van der Waals surface area contributed by atoms with E-state index in [9.17, 15) is 9.59 Å². The quantitative estimate of drug-likeness (QED) is 0.265. The van der Waals surface area contributed by atoms with Crippen molar-refractivity contribution in [3.63, 3.8) is 0 Å². The third kappa shape index (κ3) is 5.04. The van der Waals surface area contributed by atoms with Crippen molar-refractivity contribution < 1.29 is 23.4 Å². The number of nitrogens with zero attached hydrogens (tertiary/aromatic N) is 2. The van der Waals surface area contributed by atoms with Crippen molar-refractivity contribution in [1.29, 1.82) is 0 Å². The number of carbonyl (C=O) groups excluding carboxylic acids is 1. The van der Waals surface area contributed by atoms with Crippen LogP contribution in [0.25, 0.3) is 17.4 Å². The van der Waals surface area contributed by atoms with Gasteiger partial charge in [0.1, 0.15) is 29.1 Å². The first-order chi connectivity index (χ1) is 19.2. The monoisotopic (exact) mass is 622 g/mol. The van der Waals surface area contributed by atoms with Crippen molar-refractivity contribution in [3.05, 3.63) is 101 Å². The molecule has 10 heteroatoms. The van der Waals surface area contributed by atoms with Gasteiger partial charge < -0.3 is 18.6 Å². The van der Waals surface area contributed by atoms with Crippen LogP contribution in [0.1, 0.15) is 36.8 Å². The summed E-state index contributed by atoms with van der Waals surface area (Å²) in [6.45, 7) is 5.67. The van der Waals surface area contributed by atoms with Crippen molar-refractivity contribution >= 4 is 39.3 Å². The predicted molar refractivity (Wildman–Crippen MR) is 157 cm³/mol. The van der Waals surface area contributed by atoms with E-state index in [2.05, 4.69) is 20.9 Å². The minimum atomic E-state index is -0.835. The molecular weight excluding hydrogens is 596 g/mol. The maximum Gasteiger partial charge on any atom is 0.338 e. The number of esters is 1. The van der Waals surface area contributed by atoms with Crippen LogP contribution in [0.2, 0.25) is 0 Å². The van der Waals surface area contributed by atoms with Crippen molar-refractivity contribution in [2.45, 2.75) is 26.8 Å². The fourth-order valence-electron chi connectivity index (χ4n) is 4.66. The summed E-state index contributed by atoms with van der Waals surface area (Å²) in [5.74, 6) is 1.69. The normalized spacial score (nSPS) is 15.1. The molecule has 206 valence electrons. The van der Waals surface area contributed by atoms with E-state index in [1.165, 1.54) is 23.0 Å². The predicted octanol–water partition coefficient (Wildman–Crippen LogP) is 5.15. The number of furan rings is 1. The molecule has 0 aliphatic carbocycles. The van der Waals surface area contributed by atoms with Gasteiger partial charge in [0, 0.05) is 21.7 Å². The van der Waals surface area contributed by atoms with Gasteiger partial charge in [-0.15, -0.1) is 0 Å². The molecule has 0 N–H and O–H groups in total. The van der Waals surface area contributed by atoms with Crippen LogP contribution in [-0.2, 0) is 9.53 Å². The summed E-state index contributed by atoms with van der Waals surface area (Å²) in [6, 6.07) is 14.1. The molecule has 1 aliphatic rings. The van der Waals surface area contributed by atoms with Crippen LogP contribution >= 0.6 is 27.3 Å². The van der Waals surface area contributed by atoms with E-state index in [1.807, 2.05) is 37.3 Å². The first-order valence-corrected chi connectivity index (χ1v) is 14.1. The minimum Gasteiger partial charge on any atom is -0.497 e. The van der Waals surface area contributed by atoms with Crippen molar-refractivity contribution in [2.24, 2.45) is 4.99 Å². The van der Waals surface area contributed by atoms with E-state index in [0.717, 1.165) is 15.6 Å². The SMILES string of the molecule is CCOC(=O)C1=C(C)N=c2s/c(=C/c3ccc(-c4ccc(C)cc4Br)o3)c(=O)n2C1c1cc(OC)ccc1OC. The molecule has 0 fully saturated rings. The Hall–Kier alpha value is -3.89. The number of benzene rings is 2. The molecular formula is C30H27BrN2O6S. The van der Waals surface area contributed by atoms with Crippen molar-refractivity contribution in [1.82, 2.24) is 4.57 Å². The summed E-state index contributed by atoms with van der Waals surface area (Å²) in [6.07, 6.45) is 1.69. The molecule has 40 heavy (non-hydrogen) atoms. The smallest absolute Gasteiger partial charge is 0.338 e. The minimum absolute atomic E-state index is 0.180. The second kappa shape index (κ2) is 11.3. The highest BCUT2D eigenvalue weighted by Crippen LogP contribution is 2.38. The van der Waals surface area contributed by atoms with E-state index >= 15 is 0 Å². The van der Waals surface area contributed by atoms with Gasteiger partial charge in [0.2, 0.25) is 0 Å². The number of fused-ring (bicyclic) bond motifs is 1. The Morgan fingerprint density at radius 1 is 1.12 bits per heavy atom. The lowest BCUT2D eigenvalue weighted by atomic mass is 9.95. The highest BCUT2D eigenvalue weighted by Gasteiger charge is 2.35. The van der Waals surface area contributed by atoms with Gasteiger partial charge >= 0.3 is 5.97 Å². The lowest BCUT2D eigenvalue weighted by molar-refractivity contribution is -0.139. The Kier molecular flexibility index (Phi) is 7.82. The van der Waals surface area contributed by atoms with Gasteiger partial charge in [0.15, 0.2) is 4.80 Å². The summed E-state index contributed by atoms with van der Waals surface area (Å²) in [4.78, 5) is 32.2. The van der Waals surface area contributed by atoms with Crippen LogP contribution in [0.3, 0.4) is 0 Å². The van der Waals surface area contributed by atoms with Crippen LogP contribution in [0.4, 0.5) is 0 Å². The fourth-order valence-corrected chi connectivity index (χ4v) is 6.38. The average molecular weight is 624 g/mol. The zero-order valence-corrected chi connectivity index (χ0v) is 25.0. The molecule has 2 aromatic carbocycles. The van der Waals surface area contributed by atoms with Gasteiger partial charge in [-0.25, -0.2) is 9.79 Å². The summed E-state index contributed by atoms with van der Waals surface area (Å²) in [7, 11) is 3.09. The number of aryl methyl sites for hydroxylation is 1. The highest BCUT2D eigenvalue weighted by molar-refractivity contribution is 9.10. The second-order valence-electron chi connectivity index (χ2n) is 9.10. The fraction of sp³-hybridized carbons (Fsp3) is 0.233. The van der Waals surface area contributed by atoms with Gasteiger partial charge in [-0.1, -0.05) is 33.3 Å². The summed E-state index contributed by atoms with van der Waals surface area (Å²) < 4.78 is 25.4. The Morgan fingerprint density at radius 2 is 1.93 bits per heavy atom. The number of hydrogen-bond donors (Lipinski definition) is 0. The van der Waals surface area contributed by atoms with Gasteiger partial charge in [-0.05, 0) is 68.8 Å². The molecule has 0 saturated heterocycles. The van der Waals surface area contributed by atoms with Gasteiger partial charge in [-0.2, -0.15) is 0 Å². The molecule has 1 aliphatic heterocycles. The summed E-state index contributed by atoms with van der Waals surface area (Å²) >= 11 is 4.82. The third-order valence-electron chi connectivity index (χ3n) is 6.54. The van der Waals surface area contributed by atoms with E-state index in [0.29, 0.717) is 43.6 Å². The molecule has 2 aromatic heterocycles. The molecule has 0 saturated carbocycles. The van der Waals surface area contributed by atoms with Gasteiger partial charge in [0.05, 0.1) is 36.6 Å². The first kappa shape index (κ1) is 27.7. The first-order valence-electron chi connectivity index (χ1n) is 12.5. The Morgan fingerprint density at radius 3 is 2.62 bits per heavy atom. The maximum absolute atomic E-state index is 13.9. The van der Waals surface area contributed by atoms with Gasteiger partial charge in [-0.3, -0.25) is 9.36 Å². The molecule has 4 aromatic rings. The number of hydrogen-bond acceptors (Lipinski definition) is 8. The molecule has 5 rings (SSSR count). The van der Waals surface area contributed by atoms with Crippen LogP contribution in [0, 0.1) is 6.92 Å². The lowest BCUT2D eigenvalue weighted by Crippen LogP contribution is -2.40. The van der Waals surface area contributed by atoms with Crippen LogP contribution in [-0.4, -0.2) is 31.4 Å². The van der Waals surface area contributed by atoms with E-state index in [-0.39, 0.29) is 17.7 Å². The Bertz CT molecular complexity index is 1830. The number of aromatic nitrogens is 1. The summed E-state index contributed by atoms with van der Waals surface area (Å²) in [5.41, 5.74) is 3.02. The molecule has 3 heterocycles. The third-order valence-corrected chi connectivity index (χ3v) is 8.18. The summed E-state index contributed by atoms with van der Waals surface area (Å²) in [5, 5.41) is 0. The van der Waals surface area contributed by atoms with E-state index in [4.69, 9.17) is 18.6 Å². The highest BCUT2D eigenvalue weighted by atomic mass is 79.9. The largest absolute Gasteiger partial charge is 0.497 e. The molecule has 8 nitrogen and oxygen atoms in total. The number of ether oxygens (including phenoxy) is 3. The number of thiazole rings is 1. The lowest BCUT2D eigenvalue weighted by Gasteiger charge is -2.26. The number of carbonyl (C=O) groups is 1. The molecule has 0 bridgehead atoms. The van der Waals surface area contributed by atoms with Gasteiger partial charge in [0.25, 0.3) is 5.56 Å². The molecule has 0 amide bonds. The average Bonchev–Trinajstić information content (AvgIpc) is 3.51. The standard InChI is InChI=1S/C30H27BrN2O6S/c1-6-38-29(35)26-17(3)32-30-33(27(26)21-14-18(36-4)8-11-23(21)37-5)28(34)25(40-30)15-19-9-12-24(39-19)20-10-7-16(2)13-22(20)31/h7-15,27H,6H2,1-5H3/b25-15+.